The maximum atomic E-state index is 12.3. The van der Waals surface area contributed by atoms with Crippen molar-refractivity contribution in [2.24, 2.45) is 0 Å². The number of likely N-dealkylation sites (N-methyl/N-ethyl adjacent to an activating group) is 2. The minimum absolute atomic E-state index is 0. The molecule has 2 rings (SSSR count). The van der Waals surface area contributed by atoms with Gasteiger partial charge in [-0.3, -0.25) is 4.79 Å². The largest absolute Gasteiger partial charge is 0.340 e. The zero-order valence-electron chi connectivity index (χ0n) is 11.1. The molecule has 0 aliphatic carbocycles. The molecule has 0 radical (unpaired) electrons. The van der Waals surface area contributed by atoms with Crippen LogP contribution in [0.15, 0.2) is 18.2 Å². The highest BCUT2D eigenvalue weighted by Gasteiger charge is 2.20. The van der Waals surface area contributed by atoms with Crippen molar-refractivity contribution < 1.29 is 4.79 Å². The first-order valence-corrected chi connectivity index (χ1v) is 7.39. The van der Waals surface area contributed by atoms with Crippen LogP contribution in [0.2, 0.25) is 10.0 Å². The maximum absolute atomic E-state index is 12.3. The summed E-state index contributed by atoms with van der Waals surface area (Å²) in [5.41, 5.74) is 0. The van der Waals surface area contributed by atoms with E-state index in [1.54, 1.807) is 18.0 Å². The fourth-order valence-electron chi connectivity index (χ4n) is 1.73. The van der Waals surface area contributed by atoms with Gasteiger partial charge in [-0.05, 0) is 19.2 Å². The molecule has 0 aliphatic heterocycles. The molecule has 1 amide bonds. The number of fused-ring (bicyclic) bond motifs is 1. The highest BCUT2D eigenvalue weighted by Crippen LogP contribution is 2.37. The predicted octanol–water partition coefficient (Wildman–Crippen LogP) is 3.92. The number of hydrogen-bond donors (Lipinski definition) is 1. The van der Waals surface area contributed by atoms with E-state index in [0.717, 1.165) is 16.6 Å². The Balaban J connectivity index is 0.00000200. The van der Waals surface area contributed by atoms with Gasteiger partial charge in [0.1, 0.15) is 4.88 Å². The Morgan fingerprint density at radius 2 is 2.10 bits per heavy atom. The summed E-state index contributed by atoms with van der Waals surface area (Å²) in [5.74, 6) is -0.0578. The van der Waals surface area contributed by atoms with E-state index in [9.17, 15) is 4.79 Å². The molecule has 0 atom stereocenters. The topological polar surface area (TPSA) is 32.3 Å². The van der Waals surface area contributed by atoms with Crippen LogP contribution in [0.3, 0.4) is 0 Å². The van der Waals surface area contributed by atoms with Crippen molar-refractivity contribution in [1.82, 2.24) is 10.2 Å². The highest BCUT2D eigenvalue weighted by molar-refractivity contribution is 7.21. The Labute approximate surface area is 138 Å². The first-order chi connectivity index (χ1) is 9.04. The highest BCUT2D eigenvalue weighted by atomic mass is 35.5. The molecular weight excluding hydrogens is 339 g/mol. The molecular formula is C13H15Cl3N2OS. The SMILES string of the molecule is CNCCN(C)C(=O)c1sc2cc(Cl)ccc2c1Cl.Cl. The predicted molar refractivity (Wildman–Crippen MR) is 90.0 cm³/mol. The Hall–Kier alpha value is -0.520. The number of nitrogens with one attached hydrogen (secondary N) is 1. The lowest BCUT2D eigenvalue weighted by Gasteiger charge is -2.15. The van der Waals surface area contributed by atoms with Crippen molar-refractivity contribution >= 4 is 62.9 Å². The van der Waals surface area contributed by atoms with Crippen LogP contribution < -0.4 is 5.32 Å². The van der Waals surface area contributed by atoms with E-state index < -0.39 is 0 Å². The van der Waals surface area contributed by atoms with Crippen molar-refractivity contribution in [2.75, 3.05) is 27.2 Å². The van der Waals surface area contributed by atoms with E-state index in [2.05, 4.69) is 5.32 Å². The summed E-state index contributed by atoms with van der Waals surface area (Å²) < 4.78 is 0.933. The van der Waals surface area contributed by atoms with Crippen molar-refractivity contribution in [1.29, 1.82) is 0 Å². The third-order valence-electron chi connectivity index (χ3n) is 2.83. The van der Waals surface area contributed by atoms with Gasteiger partial charge in [-0.1, -0.05) is 29.3 Å². The molecule has 110 valence electrons. The van der Waals surface area contributed by atoms with E-state index >= 15 is 0 Å². The van der Waals surface area contributed by atoms with E-state index in [-0.39, 0.29) is 18.3 Å². The van der Waals surface area contributed by atoms with Gasteiger partial charge in [-0.25, -0.2) is 0 Å². The Bertz CT molecular complexity index is 615. The van der Waals surface area contributed by atoms with Gasteiger partial charge in [-0.15, -0.1) is 23.7 Å². The van der Waals surface area contributed by atoms with E-state index in [4.69, 9.17) is 23.2 Å². The summed E-state index contributed by atoms with van der Waals surface area (Å²) in [7, 11) is 3.63. The molecule has 0 saturated carbocycles. The van der Waals surface area contributed by atoms with Gasteiger partial charge >= 0.3 is 0 Å². The monoisotopic (exact) mass is 352 g/mol. The number of hydrogen-bond acceptors (Lipinski definition) is 3. The third-order valence-corrected chi connectivity index (χ3v) is 4.71. The van der Waals surface area contributed by atoms with Crippen LogP contribution in [0.25, 0.3) is 10.1 Å². The standard InChI is InChI=1S/C13H14Cl2N2OS.ClH/c1-16-5-6-17(2)13(18)12-11(15)9-4-3-8(14)7-10(9)19-12;/h3-4,7,16H,5-6H2,1-2H3;1H. The van der Waals surface area contributed by atoms with Crippen molar-refractivity contribution in [3.63, 3.8) is 0 Å². The summed E-state index contributed by atoms with van der Waals surface area (Å²) in [4.78, 5) is 14.5. The fourth-order valence-corrected chi connectivity index (χ4v) is 3.51. The molecule has 0 bridgehead atoms. The van der Waals surface area contributed by atoms with Crippen LogP contribution in [0, 0.1) is 0 Å². The number of benzene rings is 1. The lowest BCUT2D eigenvalue weighted by molar-refractivity contribution is 0.0802. The number of nitrogens with zero attached hydrogens (tertiary/aromatic N) is 1. The number of halogens is 3. The summed E-state index contributed by atoms with van der Waals surface area (Å²) in [5, 5.41) is 5.05. The van der Waals surface area contributed by atoms with Gasteiger partial charge in [0.15, 0.2) is 0 Å². The Morgan fingerprint density at radius 3 is 2.75 bits per heavy atom. The van der Waals surface area contributed by atoms with E-state index in [1.807, 2.05) is 19.2 Å². The summed E-state index contributed by atoms with van der Waals surface area (Å²) in [6.45, 7) is 1.39. The Kier molecular flexibility index (Phi) is 6.55. The van der Waals surface area contributed by atoms with Crippen LogP contribution >= 0.6 is 46.9 Å². The minimum Gasteiger partial charge on any atom is -0.340 e. The molecule has 0 spiro atoms. The summed E-state index contributed by atoms with van der Waals surface area (Å²) in [6.07, 6.45) is 0. The van der Waals surface area contributed by atoms with Gasteiger partial charge in [0.2, 0.25) is 0 Å². The zero-order valence-corrected chi connectivity index (χ0v) is 14.2. The zero-order chi connectivity index (χ0) is 14.0. The lowest BCUT2D eigenvalue weighted by Crippen LogP contribution is -2.32. The van der Waals surface area contributed by atoms with Crippen LogP contribution in [0.4, 0.5) is 0 Å². The summed E-state index contributed by atoms with van der Waals surface area (Å²) in [6, 6.07) is 5.46. The van der Waals surface area contributed by atoms with Crippen LogP contribution in [-0.4, -0.2) is 38.0 Å². The average Bonchev–Trinajstić information content (AvgIpc) is 2.71. The smallest absolute Gasteiger partial charge is 0.265 e. The number of carbonyl (C=O) groups is 1. The van der Waals surface area contributed by atoms with Gasteiger partial charge in [0, 0.05) is 35.2 Å². The summed E-state index contributed by atoms with van der Waals surface area (Å²) >= 11 is 13.6. The van der Waals surface area contributed by atoms with Crippen molar-refractivity contribution in [3.8, 4) is 0 Å². The third kappa shape index (κ3) is 3.57. The van der Waals surface area contributed by atoms with Crippen molar-refractivity contribution in [2.45, 2.75) is 0 Å². The molecule has 0 saturated heterocycles. The van der Waals surface area contributed by atoms with Crippen LogP contribution in [0.1, 0.15) is 9.67 Å². The molecule has 0 fully saturated rings. The Morgan fingerprint density at radius 1 is 1.40 bits per heavy atom. The second kappa shape index (κ2) is 7.48. The first-order valence-electron chi connectivity index (χ1n) is 5.82. The van der Waals surface area contributed by atoms with Crippen molar-refractivity contribution in [3.05, 3.63) is 33.1 Å². The lowest BCUT2D eigenvalue weighted by atomic mass is 10.2. The normalized spacial score (nSPS) is 10.4. The second-order valence-electron chi connectivity index (χ2n) is 4.22. The minimum atomic E-state index is -0.0578. The van der Waals surface area contributed by atoms with Crippen LogP contribution in [0.5, 0.6) is 0 Å². The average molecular weight is 354 g/mol. The number of thiophene rings is 1. The van der Waals surface area contributed by atoms with Gasteiger partial charge in [0.25, 0.3) is 5.91 Å². The molecule has 20 heavy (non-hydrogen) atoms. The molecule has 3 nitrogen and oxygen atoms in total. The molecule has 1 aromatic heterocycles. The molecule has 1 N–H and O–H groups in total. The number of rotatable bonds is 4. The molecule has 1 aromatic carbocycles. The molecule has 0 unspecified atom stereocenters. The van der Waals surface area contributed by atoms with E-state index in [1.165, 1.54) is 11.3 Å². The number of amides is 1. The molecule has 1 heterocycles. The quantitative estimate of drug-likeness (QED) is 0.903. The fraction of sp³-hybridized carbons (Fsp3) is 0.308. The van der Waals surface area contributed by atoms with E-state index in [0.29, 0.717) is 21.5 Å². The number of carbonyl (C=O) groups excluding carboxylic acids is 1. The van der Waals surface area contributed by atoms with Gasteiger partial charge < -0.3 is 10.2 Å². The second-order valence-corrected chi connectivity index (χ2v) is 6.08. The first kappa shape index (κ1) is 17.5. The van der Waals surface area contributed by atoms with Crippen LogP contribution in [-0.2, 0) is 0 Å². The maximum Gasteiger partial charge on any atom is 0.265 e. The molecule has 0 aliphatic rings. The van der Waals surface area contributed by atoms with Gasteiger partial charge in [0.05, 0.1) is 5.02 Å². The molecule has 2 aromatic rings. The molecule has 7 heteroatoms. The van der Waals surface area contributed by atoms with Gasteiger partial charge in [-0.2, -0.15) is 0 Å².